The molecule has 2 aromatic carbocycles. The number of nitrogens with one attached hydrogen (secondary N) is 2. The Labute approximate surface area is 127 Å². The van der Waals surface area contributed by atoms with E-state index in [9.17, 15) is 4.79 Å². The second-order valence-corrected chi connectivity index (χ2v) is 5.61. The quantitative estimate of drug-likeness (QED) is 0.859. The maximum Gasteiger partial charge on any atom is 0.319 e. The summed E-state index contributed by atoms with van der Waals surface area (Å²) in [7, 11) is 0. The topological polar surface area (TPSA) is 41.1 Å². The number of urea groups is 1. The first-order chi connectivity index (χ1) is 9.56. The predicted octanol–water partition coefficient (Wildman–Crippen LogP) is 4.39. The van der Waals surface area contributed by atoms with Crippen molar-refractivity contribution in [2.45, 2.75) is 20.4 Å². The average Bonchev–Trinajstić information content (AvgIpc) is 2.41. The third-order valence-electron chi connectivity index (χ3n) is 3.14. The Morgan fingerprint density at radius 2 is 1.85 bits per heavy atom. The van der Waals surface area contributed by atoms with Gasteiger partial charge < -0.3 is 10.6 Å². The molecule has 104 valence electrons. The van der Waals surface area contributed by atoms with Gasteiger partial charge in [-0.15, -0.1) is 0 Å². The number of carbonyl (C=O) groups excluding carboxylic acids is 1. The van der Waals surface area contributed by atoms with Crippen molar-refractivity contribution in [3.05, 3.63) is 63.6 Å². The van der Waals surface area contributed by atoms with Crippen molar-refractivity contribution in [1.29, 1.82) is 0 Å². The zero-order valence-corrected chi connectivity index (χ0v) is 13.1. The summed E-state index contributed by atoms with van der Waals surface area (Å²) in [5.74, 6) is 0. The molecule has 2 N–H and O–H groups in total. The first-order valence-corrected chi connectivity index (χ1v) is 7.21. The standard InChI is InChI=1S/C16H17BrN2O/c1-11-5-3-4-6-13(11)10-18-16(20)19-15-8-7-14(17)9-12(15)2/h3-9H,10H2,1-2H3,(H2,18,19,20). The van der Waals surface area contributed by atoms with Crippen LogP contribution in [0, 0.1) is 13.8 Å². The summed E-state index contributed by atoms with van der Waals surface area (Å²) in [6.45, 7) is 4.52. The molecule has 0 aliphatic carbocycles. The van der Waals surface area contributed by atoms with Gasteiger partial charge in [0.15, 0.2) is 0 Å². The van der Waals surface area contributed by atoms with Crippen LogP contribution in [0.2, 0.25) is 0 Å². The fourth-order valence-corrected chi connectivity index (χ4v) is 2.39. The summed E-state index contributed by atoms with van der Waals surface area (Å²) < 4.78 is 1.00. The first-order valence-electron chi connectivity index (χ1n) is 6.42. The van der Waals surface area contributed by atoms with Gasteiger partial charge in [0, 0.05) is 16.7 Å². The highest BCUT2D eigenvalue weighted by atomic mass is 79.9. The number of amides is 2. The lowest BCUT2D eigenvalue weighted by atomic mass is 10.1. The van der Waals surface area contributed by atoms with Gasteiger partial charge >= 0.3 is 6.03 Å². The molecule has 0 saturated carbocycles. The third kappa shape index (κ3) is 3.84. The van der Waals surface area contributed by atoms with Crippen LogP contribution in [0.4, 0.5) is 10.5 Å². The van der Waals surface area contributed by atoms with Gasteiger partial charge in [-0.05, 0) is 48.7 Å². The van der Waals surface area contributed by atoms with Crippen LogP contribution in [0.3, 0.4) is 0 Å². The Morgan fingerprint density at radius 1 is 1.10 bits per heavy atom. The highest BCUT2D eigenvalue weighted by Gasteiger charge is 2.05. The van der Waals surface area contributed by atoms with Crippen LogP contribution in [0.5, 0.6) is 0 Å². The largest absolute Gasteiger partial charge is 0.334 e. The second kappa shape index (κ2) is 6.57. The van der Waals surface area contributed by atoms with Crippen molar-refractivity contribution >= 4 is 27.6 Å². The van der Waals surface area contributed by atoms with Gasteiger partial charge in [0.1, 0.15) is 0 Å². The molecule has 0 aliphatic rings. The van der Waals surface area contributed by atoms with E-state index in [-0.39, 0.29) is 6.03 Å². The molecular weight excluding hydrogens is 316 g/mol. The number of halogens is 1. The monoisotopic (exact) mass is 332 g/mol. The highest BCUT2D eigenvalue weighted by Crippen LogP contribution is 2.19. The maximum absolute atomic E-state index is 11.9. The van der Waals surface area contributed by atoms with Crippen molar-refractivity contribution in [3.8, 4) is 0 Å². The Balaban J connectivity index is 1.94. The molecule has 0 saturated heterocycles. The third-order valence-corrected chi connectivity index (χ3v) is 3.63. The van der Waals surface area contributed by atoms with Crippen LogP contribution in [-0.4, -0.2) is 6.03 Å². The first kappa shape index (κ1) is 14.6. The maximum atomic E-state index is 11.9. The second-order valence-electron chi connectivity index (χ2n) is 4.69. The zero-order chi connectivity index (χ0) is 14.5. The van der Waals surface area contributed by atoms with Crippen LogP contribution in [0.25, 0.3) is 0 Å². The summed E-state index contributed by atoms with van der Waals surface area (Å²) in [6, 6.07) is 13.6. The zero-order valence-electron chi connectivity index (χ0n) is 11.5. The smallest absolute Gasteiger partial charge is 0.319 e. The molecule has 20 heavy (non-hydrogen) atoms. The van der Waals surface area contributed by atoms with Crippen LogP contribution in [0.1, 0.15) is 16.7 Å². The molecule has 2 rings (SSSR count). The van der Waals surface area contributed by atoms with Gasteiger partial charge in [-0.25, -0.2) is 4.79 Å². The Morgan fingerprint density at radius 3 is 2.55 bits per heavy atom. The number of anilines is 1. The van der Waals surface area contributed by atoms with E-state index in [1.807, 2.05) is 56.3 Å². The van der Waals surface area contributed by atoms with Gasteiger partial charge in [0.2, 0.25) is 0 Å². The van der Waals surface area contributed by atoms with E-state index in [1.165, 1.54) is 5.56 Å². The van der Waals surface area contributed by atoms with Gasteiger partial charge in [-0.1, -0.05) is 40.2 Å². The van der Waals surface area contributed by atoms with Crippen molar-refractivity contribution in [2.75, 3.05) is 5.32 Å². The van der Waals surface area contributed by atoms with Crippen LogP contribution in [-0.2, 0) is 6.54 Å². The van der Waals surface area contributed by atoms with Gasteiger partial charge in [-0.2, -0.15) is 0 Å². The molecular formula is C16H17BrN2O. The van der Waals surface area contributed by atoms with Crippen LogP contribution in [0.15, 0.2) is 46.9 Å². The molecule has 2 amide bonds. The number of hydrogen-bond acceptors (Lipinski definition) is 1. The van der Waals surface area contributed by atoms with Crippen molar-refractivity contribution < 1.29 is 4.79 Å². The predicted molar refractivity (Wildman–Crippen MR) is 85.9 cm³/mol. The lowest BCUT2D eigenvalue weighted by Crippen LogP contribution is -2.28. The van der Waals surface area contributed by atoms with E-state index < -0.39 is 0 Å². The molecule has 0 spiro atoms. The van der Waals surface area contributed by atoms with Gasteiger partial charge in [0.25, 0.3) is 0 Å². The normalized spacial score (nSPS) is 10.2. The summed E-state index contributed by atoms with van der Waals surface area (Å²) in [6.07, 6.45) is 0. The fraction of sp³-hybridized carbons (Fsp3) is 0.188. The van der Waals surface area contributed by atoms with Gasteiger partial charge in [-0.3, -0.25) is 0 Å². The van der Waals surface area contributed by atoms with E-state index in [0.29, 0.717) is 6.54 Å². The van der Waals surface area contributed by atoms with E-state index in [2.05, 4.69) is 26.6 Å². The number of benzene rings is 2. The lowest BCUT2D eigenvalue weighted by Gasteiger charge is -2.11. The summed E-state index contributed by atoms with van der Waals surface area (Å²) in [5, 5.41) is 5.72. The van der Waals surface area contributed by atoms with Crippen LogP contribution >= 0.6 is 15.9 Å². The molecule has 0 heterocycles. The molecule has 4 heteroatoms. The molecule has 3 nitrogen and oxygen atoms in total. The number of hydrogen-bond donors (Lipinski definition) is 2. The Bertz CT molecular complexity index is 626. The minimum absolute atomic E-state index is 0.196. The average molecular weight is 333 g/mol. The number of rotatable bonds is 3. The molecule has 0 atom stereocenters. The number of carbonyl (C=O) groups is 1. The van der Waals surface area contributed by atoms with Crippen molar-refractivity contribution in [1.82, 2.24) is 5.32 Å². The van der Waals surface area contributed by atoms with Crippen molar-refractivity contribution in [3.63, 3.8) is 0 Å². The lowest BCUT2D eigenvalue weighted by molar-refractivity contribution is 0.251. The SMILES string of the molecule is Cc1ccccc1CNC(=O)Nc1ccc(Br)cc1C. The van der Waals surface area contributed by atoms with Crippen LogP contribution < -0.4 is 10.6 Å². The molecule has 0 bridgehead atoms. The summed E-state index contributed by atoms with van der Waals surface area (Å²) in [5.41, 5.74) is 4.13. The fourth-order valence-electron chi connectivity index (χ4n) is 1.92. The summed E-state index contributed by atoms with van der Waals surface area (Å²) >= 11 is 3.40. The Hall–Kier alpha value is -1.81. The molecule has 2 aromatic rings. The highest BCUT2D eigenvalue weighted by molar-refractivity contribution is 9.10. The van der Waals surface area contributed by atoms with E-state index >= 15 is 0 Å². The molecule has 0 radical (unpaired) electrons. The Kier molecular flexibility index (Phi) is 4.79. The minimum Gasteiger partial charge on any atom is -0.334 e. The summed E-state index contributed by atoms with van der Waals surface area (Å²) in [4.78, 5) is 11.9. The molecule has 0 aromatic heterocycles. The van der Waals surface area contributed by atoms with E-state index in [1.54, 1.807) is 0 Å². The van der Waals surface area contributed by atoms with Gasteiger partial charge in [0.05, 0.1) is 0 Å². The van der Waals surface area contributed by atoms with E-state index in [4.69, 9.17) is 0 Å². The molecule has 0 fully saturated rings. The minimum atomic E-state index is -0.196. The number of aryl methyl sites for hydroxylation is 2. The van der Waals surface area contributed by atoms with E-state index in [0.717, 1.165) is 21.3 Å². The molecule has 0 aliphatic heterocycles. The van der Waals surface area contributed by atoms with Crippen molar-refractivity contribution in [2.24, 2.45) is 0 Å². The molecule has 0 unspecified atom stereocenters.